The Morgan fingerprint density at radius 2 is 1.48 bits per heavy atom. The minimum Gasteiger partial charge on any atom is -1.00 e. The molecular formula is C24H37IN2O6. The van der Waals surface area contributed by atoms with E-state index in [1.807, 2.05) is 36.1 Å². The first-order valence-electron chi connectivity index (χ1n) is 11.8. The Hall–Kier alpha value is -1.01. The zero-order valence-corrected chi connectivity index (χ0v) is 22.3. The van der Waals surface area contributed by atoms with Gasteiger partial charge in [-0.1, -0.05) is 20.8 Å². The summed E-state index contributed by atoms with van der Waals surface area (Å²) in [6.45, 7) is 7.27. The second-order valence-corrected chi connectivity index (χ2v) is 10.6. The Morgan fingerprint density at radius 3 is 1.97 bits per heavy atom. The Labute approximate surface area is 213 Å². The van der Waals surface area contributed by atoms with Crippen molar-refractivity contribution in [2.75, 3.05) is 0 Å². The molecule has 2 spiro atoms. The van der Waals surface area contributed by atoms with E-state index in [0.717, 1.165) is 31.2 Å². The molecule has 2 saturated carbocycles. The quantitative estimate of drug-likeness (QED) is 0.332. The van der Waals surface area contributed by atoms with Crippen molar-refractivity contribution >= 4 is 6.09 Å². The maximum atomic E-state index is 12.2. The maximum Gasteiger partial charge on any atom is 0.407 e. The van der Waals surface area contributed by atoms with Crippen LogP contribution < -0.4 is 33.9 Å². The molecular weight excluding hydrogens is 539 g/mol. The van der Waals surface area contributed by atoms with Crippen LogP contribution in [0, 0.1) is 11.3 Å². The predicted octanol–water partition coefficient (Wildman–Crippen LogP) is 1.22. The Kier molecular flexibility index (Phi) is 8.64. The van der Waals surface area contributed by atoms with Crippen molar-refractivity contribution in [3.05, 3.63) is 30.1 Å². The first-order valence-corrected chi connectivity index (χ1v) is 11.8. The molecule has 9 heteroatoms. The topological polar surface area (TPSA) is 79.1 Å². The van der Waals surface area contributed by atoms with Crippen LogP contribution in [0.25, 0.3) is 0 Å². The summed E-state index contributed by atoms with van der Waals surface area (Å²) in [6.07, 6.45) is 9.20. The molecule has 1 aromatic heterocycles. The van der Waals surface area contributed by atoms with Gasteiger partial charge in [-0.2, -0.15) is 19.6 Å². The van der Waals surface area contributed by atoms with E-state index in [1.54, 1.807) is 0 Å². The molecule has 8 nitrogen and oxygen atoms in total. The van der Waals surface area contributed by atoms with Gasteiger partial charge in [0.25, 0.3) is 0 Å². The normalized spacial score (nSPS) is 32.2. The number of pyridine rings is 1. The van der Waals surface area contributed by atoms with Crippen molar-refractivity contribution in [2.24, 2.45) is 18.4 Å². The summed E-state index contributed by atoms with van der Waals surface area (Å²) in [7, 11) is 1.95. The van der Waals surface area contributed by atoms with E-state index >= 15 is 0 Å². The fourth-order valence-corrected chi connectivity index (χ4v) is 4.75. The molecule has 1 saturated heterocycles. The molecule has 1 aliphatic heterocycles. The molecule has 2 aliphatic carbocycles. The van der Waals surface area contributed by atoms with E-state index in [-0.39, 0.29) is 35.5 Å². The monoisotopic (exact) mass is 576 g/mol. The average molecular weight is 576 g/mol. The van der Waals surface area contributed by atoms with Gasteiger partial charge in [0.05, 0.1) is 0 Å². The van der Waals surface area contributed by atoms with Crippen LogP contribution in [0.1, 0.15) is 77.7 Å². The molecule has 0 atom stereocenters. The van der Waals surface area contributed by atoms with Crippen LogP contribution in [0.4, 0.5) is 4.79 Å². The average Bonchev–Trinajstić information content (AvgIpc) is 2.77. The number of ether oxygens (including phenoxy) is 1. The molecule has 0 unspecified atom stereocenters. The van der Waals surface area contributed by atoms with Gasteiger partial charge in [-0.25, -0.2) is 9.36 Å². The lowest BCUT2D eigenvalue weighted by Gasteiger charge is -2.48. The van der Waals surface area contributed by atoms with Gasteiger partial charge in [0.2, 0.25) is 11.6 Å². The zero-order chi connectivity index (χ0) is 22.8. The number of halogens is 1. The van der Waals surface area contributed by atoms with E-state index in [4.69, 9.17) is 24.3 Å². The molecule has 1 aromatic rings. The highest BCUT2D eigenvalue weighted by Gasteiger charge is 2.52. The molecule has 0 bridgehead atoms. The first-order chi connectivity index (χ1) is 15.2. The van der Waals surface area contributed by atoms with Crippen molar-refractivity contribution in [3.8, 4) is 0 Å². The van der Waals surface area contributed by atoms with Crippen molar-refractivity contribution < 1.29 is 57.6 Å². The SMILES string of the molecule is C[n+]1ccc(CNC(=O)OC2CCC3(CC2)OOC2(CCC(C(C)(C)C)CC2)OO3)cc1.[I-]. The highest BCUT2D eigenvalue weighted by molar-refractivity contribution is 5.67. The molecule has 33 heavy (non-hydrogen) atoms. The number of nitrogens with one attached hydrogen (secondary N) is 1. The Morgan fingerprint density at radius 1 is 1.00 bits per heavy atom. The van der Waals surface area contributed by atoms with Gasteiger partial charge >= 0.3 is 6.09 Å². The van der Waals surface area contributed by atoms with E-state index in [2.05, 4.69) is 26.1 Å². The second kappa shape index (κ2) is 10.7. The number of nitrogens with zero attached hydrogens (tertiary/aromatic N) is 1. The van der Waals surface area contributed by atoms with Crippen molar-refractivity contribution in [3.63, 3.8) is 0 Å². The molecule has 3 fully saturated rings. The Balaban J connectivity index is 0.00000306. The standard InChI is InChI=1S/C24H36N2O6.HI/c1-22(2,3)19-5-11-23(12-6-19)29-31-24(32-30-23)13-7-20(8-14-24)28-21(27)25-17-18-9-15-26(4)16-10-18;/h9-10,15-16,19-20H,5-8,11-14,17H2,1-4H3;1H. The van der Waals surface area contributed by atoms with Crippen LogP contribution in [0.5, 0.6) is 0 Å². The van der Waals surface area contributed by atoms with Gasteiger partial charge in [0, 0.05) is 44.4 Å². The predicted molar refractivity (Wildman–Crippen MR) is 114 cm³/mol. The number of carbonyl (C=O) groups excluding carboxylic acids is 1. The molecule has 0 radical (unpaired) electrons. The van der Waals surface area contributed by atoms with Gasteiger partial charge in [0.1, 0.15) is 13.2 Å². The molecule has 186 valence electrons. The third-order valence-corrected chi connectivity index (χ3v) is 7.12. The minimum absolute atomic E-state index is 0. The fraction of sp³-hybridized carbons (Fsp3) is 0.750. The summed E-state index contributed by atoms with van der Waals surface area (Å²) in [5.74, 6) is -1.07. The maximum absolute atomic E-state index is 12.2. The number of aromatic nitrogens is 1. The molecule has 2 heterocycles. The van der Waals surface area contributed by atoms with Gasteiger partial charge in [-0.3, -0.25) is 0 Å². The smallest absolute Gasteiger partial charge is 0.407 e. The van der Waals surface area contributed by atoms with Crippen LogP contribution in [0.3, 0.4) is 0 Å². The van der Waals surface area contributed by atoms with Gasteiger partial charge in [0.15, 0.2) is 12.4 Å². The molecule has 1 amide bonds. The summed E-state index contributed by atoms with van der Waals surface area (Å²) >= 11 is 0. The highest BCUT2D eigenvalue weighted by Crippen LogP contribution is 2.48. The van der Waals surface area contributed by atoms with Crippen LogP contribution >= 0.6 is 0 Å². The number of hydrogen-bond donors (Lipinski definition) is 1. The van der Waals surface area contributed by atoms with Gasteiger partial charge < -0.3 is 34.0 Å². The molecule has 1 N–H and O–H groups in total. The van der Waals surface area contributed by atoms with E-state index in [0.29, 0.717) is 38.1 Å². The number of amides is 1. The van der Waals surface area contributed by atoms with Crippen LogP contribution in [0.15, 0.2) is 24.5 Å². The number of rotatable bonds is 3. The largest absolute Gasteiger partial charge is 1.00 e. The highest BCUT2D eigenvalue weighted by atomic mass is 127. The van der Waals surface area contributed by atoms with E-state index in [9.17, 15) is 4.79 Å². The number of hydrogen-bond acceptors (Lipinski definition) is 6. The lowest BCUT2D eigenvalue weighted by molar-refractivity contribution is -0.671. The molecule has 4 rings (SSSR count). The summed E-state index contributed by atoms with van der Waals surface area (Å²) in [6, 6.07) is 3.93. The first kappa shape index (κ1) is 26.6. The third kappa shape index (κ3) is 6.78. The lowest BCUT2D eigenvalue weighted by atomic mass is 9.71. The zero-order valence-electron chi connectivity index (χ0n) is 20.1. The summed E-state index contributed by atoms with van der Waals surface area (Å²) in [5, 5.41) is 2.81. The molecule has 0 aromatic carbocycles. The van der Waals surface area contributed by atoms with E-state index < -0.39 is 17.7 Å². The van der Waals surface area contributed by atoms with Crippen LogP contribution in [-0.2, 0) is 37.9 Å². The second-order valence-electron chi connectivity index (χ2n) is 10.6. The summed E-state index contributed by atoms with van der Waals surface area (Å²) in [5.41, 5.74) is 1.30. The Bertz CT molecular complexity index is 769. The van der Waals surface area contributed by atoms with Crippen LogP contribution in [0.2, 0.25) is 0 Å². The molecule has 3 aliphatic rings. The van der Waals surface area contributed by atoms with Crippen LogP contribution in [-0.4, -0.2) is 23.8 Å². The fourth-order valence-electron chi connectivity index (χ4n) is 4.75. The van der Waals surface area contributed by atoms with Crippen molar-refractivity contribution in [2.45, 2.75) is 96.4 Å². The summed E-state index contributed by atoms with van der Waals surface area (Å²) in [4.78, 5) is 35.3. The third-order valence-electron chi connectivity index (χ3n) is 7.12. The van der Waals surface area contributed by atoms with Crippen molar-refractivity contribution in [1.29, 1.82) is 0 Å². The van der Waals surface area contributed by atoms with Gasteiger partial charge in [-0.15, -0.1) is 0 Å². The minimum atomic E-state index is -0.915. The van der Waals surface area contributed by atoms with E-state index in [1.165, 1.54) is 0 Å². The van der Waals surface area contributed by atoms with Crippen molar-refractivity contribution in [1.82, 2.24) is 5.32 Å². The lowest BCUT2D eigenvalue weighted by Crippen LogP contribution is -3.00. The van der Waals surface area contributed by atoms with Gasteiger partial charge in [-0.05, 0) is 42.6 Å². The number of aryl methyl sites for hydroxylation is 1. The number of carbonyl (C=O) groups is 1. The number of alkyl carbamates (subject to hydrolysis) is 1. The summed E-state index contributed by atoms with van der Waals surface area (Å²) < 4.78 is 7.52.